The predicted molar refractivity (Wildman–Crippen MR) is 67.6 cm³/mol. The lowest BCUT2D eigenvalue weighted by Crippen LogP contribution is -2.32. The molecule has 0 aliphatic rings. The maximum atomic E-state index is 13.2. The van der Waals surface area contributed by atoms with E-state index in [1.807, 2.05) is 0 Å². The highest BCUT2D eigenvalue weighted by atomic mass is 19.2. The number of likely N-dealkylation sites (N-methyl/N-ethyl adjacent to an activating group) is 1. The highest BCUT2D eigenvalue weighted by Gasteiger charge is 2.19. The molecule has 0 N–H and O–H groups in total. The summed E-state index contributed by atoms with van der Waals surface area (Å²) in [5, 5.41) is 3.84. The number of rotatable bonds is 4. The summed E-state index contributed by atoms with van der Waals surface area (Å²) in [5.74, 6) is -2.03. The quantitative estimate of drug-likeness (QED) is 0.857. The monoisotopic (exact) mass is 280 g/mol. The average molecular weight is 280 g/mol. The van der Waals surface area contributed by atoms with Gasteiger partial charge in [-0.2, -0.15) is 5.10 Å². The predicted octanol–water partition coefficient (Wildman–Crippen LogP) is 1.78. The van der Waals surface area contributed by atoms with Crippen LogP contribution in [0.3, 0.4) is 0 Å². The average Bonchev–Trinajstić information content (AvgIpc) is 2.93. The molecule has 1 aromatic heterocycles. The summed E-state index contributed by atoms with van der Waals surface area (Å²) in [6, 6.07) is 3.24. The number of aromatic nitrogens is 3. The van der Waals surface area contributed by atoms with Gasteiger partial charge in [-0.3, -0.25) is 4.79 Å². The van der Waals surface area contributed by atoms with Gasteiger partial charge in [-0.15, -0.1) is 0 Å². The van der Waals surface area contributed by atoms with Crippen molar-refractivity contribution in [3.63, 3.8) is 0 Å². The van der Waals surface area contributed by atoms with Crippen molar-refractivity contribution in [2.45, 2.75) is 19.5 Å². The van der Waals surface area contributed by atoms with Gasteiger partial charge in [0.1, 0.15) is 19.2 Å². The number of amides is 1. The standard InChI is InChI=1S/C13H14F2N4O/c1-9(10-3-4-11(14)12(15)5-10)18(2)13(20)6-19-8-16-7-17-19/h3-5,7-9H,6H2,1-2H3. The van der Waals surface area contributed by atoms with Gasteiger partial charge in [0.15, 0.2) is 11.6 Å². The number of hydrogen-bond donors (Lipinski definition) is 0. The molecule has 0 bridgehead atoms. The third-order valence-corrected chi connectivity index (χ3v) is 3.16. The zero-order valence-corrected chi connectivity index (χ0v) is 11.1. The number of halogens is 2. The molecule has 0 aliphatic heterocycles. The second-order valence-electron chi connectivity index (χ2n) is 4.45. The Bertz CT molecular complexity index is 600. The van der Waals surface area contributed by atoms with Crippen LogP contribution in [-0.2, 0) is 11.3 Å². The highest BCUT2D eigenvalue weighted by molar-refractivity contribution is 5.76. The fourth-order valence-corrected chi connectivity index (χ4v) is 1.78. The fraction of sp³-hybridized carbons (Fsp3) is 0.308. The first-order valence-corrected chi connectivity index (χ1v) is 6.02. The van der Waals surface area contributed by atoms with Crippen LogP contribution >= 0.6 is 0 Å². The Morgan fingerprint density at radius 2 is 2.15 bits per heavy atom. The summed E-state index contributed by atoms with van der Waals surface area (Å²) < 4.78 is 27.5. The molecule has 0 fully saturated rings. The molecule has 1 atom stereocenters. The molecule has 2 aromatic rings. The summed E-state index contributed by atoms with van der Waals surface area (Å²) in [5.41, 5.74) is 0.526. The van der Waals surface area contributed by atoms with Gasteiger partial charge in [0.25, 0.3) is 0 Å². The van der Waals surface area contributed by atoms with Crippen molar-refractivity contribution in [2.75, 3.05) is 7.05 Å². The number of nitrogens with zero attached hydrogens (tertiary/aromatic N) is 4. The maximum absolute atomic E-state index is 13.2. The normalized spacial score (nSPS) is 12.2. The van der Waals surface area contributed by atoms with Crippen molar-refractivity contribution in [1.29, 1.82) is 0 Å². The smallest absolute Gasteiger partial charge is 0.244 e. The molecule has 1 amide bonds. The second kappa shape index (κ2) is 5.77. The van der Waals surface area contributed by atoms with E-state index in [1.165, 1.54) is 28.3 Å². The van der Waals surface area contributed by atoms with Gasteiger partial charge in [-0.05, 0) is 24.6 Å². The minimum Gasteiger partial charge on any atom is -0.337 e. The Morgan fingerprint density at radius 1 is 1.40 bits per heavy atom. The van der Waals surface area contributed by atoms with Crippen LogP contribution in [0.4, 0.5) is 8.78 Å². The van der Waals surface area contributed by atoms with Crippen LogP contribution in [0.1, 0.15) is 18.5 Å². The second-order valence-corrected chi connectivity index (χ2v) is 4.45. The van der Waals surface area contributed by atoms with Crippen molar-refractivity contribution in [3.8, 4) is 0 Å². The van der Waals surface area contributed by atoms with Crippen molar-refractivity contribution in [3.05, 3.63) is 48.1 Å². The molecule has 1 unspecified atom stereocenters. The molecule has 20 heavy (non-hydrogen) atoms. The third kappa shape index (κ3) is 2.98. The van der Waals surface area contributed by atoms with E-state index in [4.69, 9.17) is 0 Å². The summed E-state index contributed by atoms with van der Waals surface area (Å²) in [6.45, 7) is 1.79. The Balaban J connectivity index is 2.09. The zero-order valence-electron chi connectivity index (χ0n) is 11.1. The summed E-state index contributed by atoms with van der Waals surface area (Å²) in [6.07, 6.45) is 2.78. The molecule has 0 aliphatic carbocycles. The van der Waals surface area contributed by atoms with E-state index in [0.717, 1.165) is 12.1 Å². The minimum atomic E-state index is -0.925. The van der Waals surface area contributed by atoms with Gasteiger partial charge in [0, 0.05) is 7.05 Å². The fourth-order valence-electron chi connectivity index (χ4n) is 1.78. The number of carbonyl (C=O) groups excluding carboxylic acids is 1. The largest absolute Gasteiger partial charge is 0.337 e. The Morgan fingerprint density at radius 3 is 2.75 bits per heavy atom. The van der Waals surface area contributed by atoms with E-state index in [9.17, 15) is 13.6 Å². The molecule has 0 saturated carbocycles. The highest BCUT2D eigenvalue weighted by Crippen LogP contribution is 2.21. The van der Waals surface area contributed by atoms with Gasteiger partial charge >= 0.3 is 0 Å². The zero-order chi connectivity index (χ0) is 14.7. The van der Waals surface area contributed by atoms with E-state index in [0.29, 0.717) is 5.56 Å². The van der Waals surface area contributed by atoms with E-state index < -0.39 is 11.6 Å². The summed E-state index contributed by atoms with van der Waals surface area (Å²) in [4.78, 5) is 17.2. The molecule has 0 radical (unpaired) electrons. The SMILES string of the molecule is CC(c1ccc(F)c(F)c1)N(C)C(=O)Cn1cncn1. The molecule has 2 rings (SSSR count). The lowest BCUT2D eigenvalue weighted by molar-refractivity contribution is -0.132. The van der Waals surface area contributed by atoms with Gasteiger partial charge in [-0.1, -0.05) is 6.07 Å². The summed E-state index contributed by atoms with van der Waals surface area (Å²) >= 11 is 0. The van der Waals surface area contributed by atoms with E-state index in [-0.39, 0.29) is 18.5 Å². The molecular weight excluding hydrogens is 266 g/mol. The Labute approximate surface area is 114 Å². The van der Waals surface area contributed by atoms with Gasteiger partial charge in [-0.25, -0.2) is 18.4 Å². The van der Waals surface area contributed by atoms with Crippen LogP contribution in [0.2, 0.25) is 0 Å². The number of hydrogen-bond acceptors (Lipinski definition) is 3. The van der Waals surface area contributed by atoms with Crippen LogP contribution in [0.15, 0.2) is 30.9 Å². The molecule has 0 saturated heterocycles. The molecule has 5 nitrogen and oxygen atoms in total. The first-order chi connectivity index (χ1) is 9.49. The van der Waals surface area contributed by atoms with Crippen LogP contribution in [0, 0.1) is 11.6 Å². The van der Waals surface area contributed by atoms with Crippen molar-refractivity contribution in [1.82, 2.24) is 19.7 Å². The van der Waals surface area contributed by atoms with Crippen LogP contribution in [0.5, 0.6) is 0 Å². The first kappa shape index (κ1) is 14.1. The number of benzene rings is 1. The molecular formula is C13H14F2N4O. The maximum Gasteiger partial charge on any atom is 0.244 e. The van der Waals surface area contributed by atoms with E-state index in [2.05, 4.69) is 10.1 Å². The van der Waals surface area contributed by atoms with Crippen LogP contribution < -0.4 is 0 Å². The third-order valence-electron chi connectivity index (χ3n) is 3.16. The topological polar surface area (TPSA) is 51.0 Å². The minimum absolute atomic E-state index is 0.0461. The van der Waals surface area contributed by atoms with Gasteiger partial charge in [0.2, 0.25) is 5.91 Å². The lowest BCUT2D eigenvalue weighted by atomic mass is 10.1. The molecule has 106 valence electrons. The van der Waals surface area contributed by atoms with Gasteiger partial charge < -0.3 is 4.90 Å². The van der Waals surface area contributed by atoms with Crippen molar-refractivity contribution < 1.29 is 13.6 Å². The van der Waals surface area contributed by atoms with Crippen molar-refractivity contribution in [2.24, 2.45) is 0 Å². The van der Waals surface area contributed by atoms with Crippen molar-refractivity contribution >= 4 is 5.91 Å². The molecule has 1 aromatic carbocycles. The van der Waals surface area contributed by atoms with E-state index in [1.54, 1.807) is 14.0 Å². The summed E-state index contributed by atoms with van der Waals surface area (Å²) in [7, 11) is 1.60. The lowest BCUT2D eigenvalue weighted by Gasteiger charge is -2.25. The van der Waals surface area contributed by atoms with Gasteiger partial charge in [0.05, 0.1) is 6.04 Å². The van der Waals surface area contributed by atoms with E-state index >= 15 is 0 Å². The Kier molecular flexibility index (Phi) is 4.07. The van der Waals surface area contributed by atoms with Crippen LogP contribution in [-0.4, -0.2) is 32.6 Å². The molecule has 1 heterocycles. The molecule has 0 spiro atoms. The Hall–Kier alpha value is -2.31. The van der Waals surface area contributed by atoms with Crippen LogP contribution in [0.25, 0.3) is 0 Å². The number of carbonyl (C=O) groups is 1. The first-order valence-electron chi connectivity index (χ1n) is 6.02. The molecule has 7 heteroatoms.